The molecule has 7 heteroatoms. The number of rotatable bonds is 9. The fraction of sp³-hybridized carbons (Fsp3) is 0.333. The molecule has 0 atom stereocenters. The second kappa shape index (κ2) is 10.9. The largest absolute Gasteiger partial charge is 0.492 e. The Hall–Kier alpha value is -2.90. The van der Waals surface area contributed by atoms with Gasteiger partial charge in [-0.05, 0) is 30.5 Å². The molecule has 0 unspecified atom stereocenters. The summed E-state index contributed by atoms with van der Waals surface area (Å²) in [6.45, 7) is 3.99. The fourth-order valence-electron chi connectivity index (χ4n) is 3.64. The Labute approximate surface area is 187 Å². The zero-order valence-corrected chi connectivity index (χ0v) is 18.3. The van der Waals surface area contributed by atoms with Crippen LogP contribution in [0.4, 0.5) is 5.13 Å². The molecule has 0 bridgehead atoms. The van der Waals surface area contributed by atoms with Crippen LogP contribution in [0, 0.1) is 0 Å². The van der Waals surface area contributed by atoms with E-state index in [1.807, 2.05) is 30.3 Å². The van der Waals surface area contributed by atoms with Crippen molar-refractivity contribution in [2.24, 2.45) is 0 Å². The Morgan fingerprint density at radius 2 is 1.77 bits per heavy atom. The van der Waals surface area contributed by atoms with Crippen LogP contribution in [0.5, 0.6) is 5.75 Å². The van der Waals surface area contributed by atoms with Gasteiger partial charge in [-0.3, -0.25) is 9.69 Å². The number of aromatic nitrogens is 1. The minimum Gasteiger partial charge on any atom is -0.492 e. The van der Waals surface area contributed by atoms with Crippen LogP contribution in [0.3, 0.4) is 0 Å². The van der Waals surface area contributed by atoms with Crippen LogP contribution in [0.2, 0.25) is 0 Å². The quantitative estimate of drug-likeness (QED) is 0.496. The lowest BCUT2D eigenvalue weighted by Crippen LogP contribution is -2.38. The Morgan fingerprint density at radius 3 is 2.52 bits per heavy atom. The Kier molecular flexibility index (Phi) is 7.52. The van der Waals surface area contributed by atoms with Crippen molar-refractivity contribution in [3.63, 3.8) is 0 Å². The van der Waals surface area contributed by atoms with Crippen LogP contribution in [0.25, 0.3) is 0 Å². The lowest BCUT2D eigenvalue weighted by Gasteiger charge is -2.32. The van der Waals surface area contributed by atoms with Gasteiger partial charge in [0.1, 0.15) is 18.1 Å². The normalized spacial score (nSPS) is 14.8. The number of thiazole rings is 1. The van der Waals surface area contributed by atoms with Crippen LogP contribution < -0.4 is 15.4 Å². The number of benzene rings is 2. The molecule has 6 nitrogen and oxygen atoms in total. The van der Waals surface area contributed by atoms with Gasteiger partial charge in [0, 0.05) is 31.1 Å². The van der Waals surface area contributed by atoms with Gasteiger partial charge in [-0.2, -0.15) is 0 Å². The lowest BCUT2D eigenvalue weighted by atomic mass is 10.0. The maximum absolute atomic E-state index is 12.3. The molecule has 0 aliphatic carbocycles. The topological polar surface area (TPSA) is 66.5 Å². The highest BCUT2D eigenvalue weighted by Gasteiger charge is 2.20. The minimum atomic E-state index is -0.168. The highest BCUT2D eigenvalue weighted by Crippen LogP contribution is 2.21. The van der Waals surface area contributed by atoms with Gasteiger partial charge in [0.05, 0.1) is 6.54 Å². The molecule has 2 N–H and O–H groups in total. The summed E-state index contributed by atoms with van der Waals surface area (Å²) in [6.07, 6.45) is 2.15. The van der Waals surface area contributed by atoms with Gasteiger partial charge in [0.15, 0.2) is 5.13 Å². The summed E-state index contributed by atoms with van der Waals surface area (Å²) in [5.41, 5.74) is 1.81. The number of piperidine rings is 1. The number of anilines is 1. The third-order valence-corrected chi connectivity index (χ3v) is 6.07. The van der Waals surface area contributed by atoms with Crippen LogP contribution in [-0.4, -0.2) is 48.1 Å². The zero-order valence-electron chi connectivity index (χ0n) is 17.5. The molecule has 2 heterocycles. The molecular formula is C24H28N4O2S. The highest BCUT2D eigenvalue weighted by molar-refractivity contribution is 7.13. The van der Waals surface area contributed by atoms with Gasteiger partial charge in [-0.15, -0.1) is 11.3 Å². The number of nitrogens with one attached hydrogen (secondary N) is 2. The zero-order chi connectivity index (χ0) is 21.3. The van der Waals surface area contributed by atoms with E-state index in [4.69, 9.17) is 4.74 Å². The SMILES string of the molecule is O=C(NCCOc1ccccc1)c1csc(NC2CCN(Cc3ccccc3)CC2)n1. The first kappa shape index (κ1) is 21.3. The molecule has 1 amide bonds. The molecule has 0 saturated carbocycles. The molecule has 1 aromatic heterocycles. The molecule has 0 spiro atoms. The molecule has 31 heavy (non-hydrogen) atoms. The van der Waals surface area contributed by atoms with E-state index in [1.54, 1.807) is 5.38 Å². The van der Waals surface area contributed by atoms with Gasteiger partial charge in [-0.1, -0.05) is 48.5 Å². The summed E-state index contributed by atoms with van der Waals surface area (Å²) >= 11 is 1.48. The Morgan fingerprint density at radius 1 is 1.06 bits per heavy atom. The first-order chi connectivity index (χ1) is 15.3. The number of para-hydroxylation sites is 1. The first-order valence-corrected chi connectivity index (χ1v) is 11.6. The molecule has 1 fully saturated rings. The van der Waals surface area contributed by atoms with E-state index in [-0.39, 0.29) is 5.91 Å². The molecule has 2 aromatic carbocycles. The number of carbonyl (C=O) groups excluding carboxylic acids is 1. The van der Waals surface area contributed by atoms with E-state index in [9.17, 15) is 4.79 Å². The van der Waals surface area contributed by atoms with Crippen molar-refractivity contribution < 1.29 is 9.53 Å². The monoisotopic (exact) mass is 436 g/mol. The van der Waals surface area contributed by atoms with Crippen molar-refractivity contribution in [3.05, 3.63) is 77.3 Å². The average molecular weight is 437 g/mol. The van der Waals surface area contributed by atoms with Crippen LogP contribution >= 0.6 is 11.3 Å². The summed E-state index contributed by atoms with van der Waals surface area (Å²) in [5.74, 6) is 0.630. The molecule has 4 rings (SSSR count). The van der Waals surface area contributed by atoms with Gasteiger partial charge in [-0.25, -0.2) is 4.98 Å². The van der Waals surface area contributed by atoms with Gasteiger partial charge >= 0.3 is 0 Å². The van der Waals surface area contributed by atoms with Crippen molar-refractivity contribution in [2.45, 2.75) is 25.4 Å². The summed E-state index contributed by atoms with van der Waals surface area (Å²) < 4.78 is 5.60. The number of hydrogen-bond acceptors (Lipinski definition) is 6. The fourth-order valence-corrected chi connectivity index (χ4v) is 4.41. The molecule has 1 aliphatic rings. The second-order valence-electron chi connectivity index (χ2n) is 7.64. The maximum atomic E-state index is 12.3. The van der Waals surface area contributed by atoms with Gasteiger partial charge in [0.25, 0.3) is 5.91 Å². The van der Waals surface area contributed by atoms with Crippen molar-refractivity contribution in [1.82, 2.24) is 15.2 Å². The summed E-state index contributed by atoms with van der Waals surface area (Å²) in [5, 5.41) is 8.98. The maximum Gasteiger partial charge on any atom is 0.270 e. The Bertz CT molecular complexity index is 940. The number of nitrogens with zero attached hydrogens (tertiary/aromatic N) is 2. The summed E-state index contributed by atoms with van der Waals surface area (Å²) in [7, 11) is 0. The standard InChI is InChI=1S/C24H28N4O2S/c29-23(25-13-16-30-21-9-5-2-6-10-21)22-18-31-24(27-22)26-20-11-14-28(15-12-20)17-19-7-3-1-4-8-19/h1-10,18,20H,11-17H2,(H,25,29)(H,26,27). The minimum absolute atomic E-state index is 0.168. The predicted octanol–water partition coefficient (Wildman–Crippen LogP) is 4.03. The van der Waals surface area contributed by atoms with E-state index in [2.05, 4.69) is 50.8 Å². The molecular weight excluding hydrogens is 408 g/mol. The molecule has 3 aromatic rings. The van der Waals surface area contributed by atoms with Crippen molar-refractivity contribution in [3.8, 4) is 5.75 Å². The van der Waals surface area contributed by atoms with Crippen molar-refractivity contribution in [1.29, 1.82) is 0 Å². The van der Waals surface area contributed by atoms with Crippen LogP contribution in [-0.2, 0) is 6.54 Å². The number of amides is 1. The average Bonchev–Trinajstić information content (AvgIpc) is 3.28. The van der Waals surface area contributed by atoms with E-state index < -0.39 is 0 Å². The first-order valence-electron chi connectivity index (χ1n) is 10.7. The van der Waals surface area contributed by atoms with Gasteiger partial charge in [0.2, 0.25) is 0 Å². The number of hydrogen-bond donors (Lipinski definition) is 2. The third kappa shape index (κ3) is 6.54. The van der Waals surface area contributed by atoms with E-state index in [0.717, 1.165) is 43.4 Å². The second-order valence-corrected chi connectivity index (χ2v) is 8.49. The molecule has 1 aliphatic heterocycles. The molecule has 0 radical (unpaired) electrons. The third-order valence-electron chi connectivity index (χ3n) is 5.30. The van der Waals surface area contributed by atoms with E-state index in [1.165, 1.54) is 16.9 Å². The van der Waals surface area contributed by atoms with Crippen molar-refractivity contribution in [2.75, 3.05) is 31.6 Å². The predicted molar refractivity (Wildman–Crippen MR) is 125 cm³/mol. The van der Waals surface area contributed by atoms with Gasteiger partial charge < -0.3 is 15.4 Å². The molecule has 162 valence electrons. The summed E-state index contributed by atoms with van der Waals surface area (Å²) in [4.78, 5) is 19.3. The van der Waals surface area contributed by atoms with Crippen LogP contribution in [0.1, 0.15) is 28.9 Å². The lowest BCUT2D eigenvalue weighted by molar-refractivity contribution is 0.0943. The van der Waals surface area contributed by atoms with Crippen molar-refractivity contribution >= 4 is 22.4 Å². The van der Waals surface area contributed by atoms with Crippen LogP contribution in [0.15, 0.2) is 66.0 Å². The van der Waals surface area contributed by atoms with E-state index in [0.29, 0.717) is 24.9 Å². The number of carbonyl (C=O) groups is 1. The number of likely N-dealkylation sites (tertiary alicyclic amines) is 1. The smallest absolute Gasteiger partial charge is 0.270 e. The highest BCUT2D eigenvalue weighted by atomic mass is 32.1. The molecule has 1 saturated heterocycles. The summed E-state index contributed by atoms with van der Waals surface area (Å²) in [6, 6.07) is 20.6. The number of ether oxygens (including phenoxy) is 1. The van der Waals surface area contributed by atoms with E-state index >= 15 is 0 Å². The Balaban J connectivity index is 1.16.